The Morgan fingerprint density at radius 3 is 2.44 bits per heavy atom. The molecule has 1 nitrogen and oxygen atoms in total. The van der Waals surface area contributed by atoms with Gasteiger partial charge < -0.3 is 0 Å². The smallest absolute Gasteiger partial charge is 0.184 e. The molecule has 0 unspecified atom stereocenters. The van der Waals surface area contributed by atoms with Crippen molar-refractivity contribution in [2.24, 2.45) is 0 Å². The van der Waals surface area contributed by atoms with Crippen molar-refractivity contribution in [3.05, 3.63) is 35.4 Å². The molecule has 0 heterocycles. The fourth-order valence-electron chi connectivity index (χ4n) is 0.713. The minimum Gasteiger partial charge on any atom is -0.184 e. The molecule has 0 saturated carbocycles. The van der Waals surface area contributed by atoms with Crippen molar-refractivity contribution in [1.82, 2.24) is 0 Å². The molecule has 1 N–H and O–H groups in total. The first-order chi connectivity index (χ1) is 4.34. The molecule has 0 aromatic heterocycles. The predicted molar refractivity (Wildman–Crippen MR) is 38.0 cm³/mol. The Labute approximate surface area is 54.8 Å². The minimum absolute atomic E-state index is 0.873. The van der Waals surface area contributed by atoms with Gasteiger partial charge in [-0.3, -0.25) is 0 Å². The maximum absolute atomic E-state index is 6.83. The summed E-state index contributed by atoms with van der Waals surface area (Å²) in [7, 11) is 0. The molecule has 1 aromatic carbocycles. The molecular weight excluding hydrogens is 110 g/mol. The van der Waals surface area contributed by atoms with E-state index in [4.69, 9.17) is 5.41 Å². The van der Waals surface area contributed by atoms with Crippen LogP contribution in [-0.2, 0) is 0 Å². The molecule has 0 aliphatic heterocycles. The summed E-state index contributed by atoms with van der Waals surface area (Å²) >= 11 is 0. The van der Waals surface area contributed by atoms with E-state index in [9.17, 15) is 0 Å². The van der Waals surface area contributed by atoms with Gasteiger partial charge in [-0.15, -0.1) is 0 Å². The summed E-state index contributed by atoms with van der Waals surface area (Å²) in [6.07, 6.45) is 2.35. The quantitative estimate of drug-likeness (QED) is 0.430. The Morgan fingerprint density at radius 2 is 2.00 bits per heavy atom. The van der Waals surface area contributed by atoms with Crippen LogP contribution in [0.15, 0.2) is 24.3 Å². The lowest BCUT2D eigenvalue weighted by atomic mass is 10.1. The second-order valence-corrected chi connectivity index (χ2v) is 1.94. The second-order valence-electron chi connectivity index (χ2n) is 1.94. The van der Waals surface area contributed by atoms with E-state index in [0.717, 1.165) is 11.1 Å². The van der Waals surface area contributed by atoms with Crippen molar-refractivity contribution in [3.8, 4) is 0 Å². The lowest BCUT2D eigenvalue weighted by Crippen LogP contribution is -1.82. The van der Waals surface area contributed by atoms with Crippen LogP contribution >= 0.6 is 0 Å². The summed E-state index contributed by atoms with van der Waals surface area (Å²) in [6, 6.07) is 7.71. The van der Waals surface area contributed by atoms with Gasteiger partial charge >= 0.3 is 0 Å². The summed E-state index contributed by atoms with van der Waals surface area (Å²) in [5, 5.41) is 6.83. The SMILES string of the molecule is Cc1ccccc1[C+]=N. The minimum atomic E-state index is 0.873. The Morgan fingerprint density at radius 1 is 1.33 bits per heavy atom. The van der Waals surface area contributed by atoms with Gasteiger partial charge in [-0.05, 0) is 18.2 Å². The van der Waals surface area contributed by atoms with Gasteiger partial charge in [0.15, 0.2) is 6.21 Å². The monoisotopic (exact) mass is 118 g/mol. The van der Waals surface area contributed by atoms with Crippen LogP contribution in [0.1, 0.15) is 11.1 Å². The molecular formula is C8H8N+. The highest BCUT2D eigenvalue weighted by atomic mass is 14.3. The second kappa shape index (κ2) is 2.38. The number of rotatable bonds is 1. The van der Waals surface area contributed by atoms with Crippen molar-refractivity contribution < 1.29 is 0 Å². The van der Waals surface area contributed by atoms with Crippen LogP contribution in [0.5, 0.6) is 0 Å². The predicted octanol–water partition coefficient (Wildman–Crippen LogP) is 1.87. The molecule has 0 aliphatic carbocycles. The third-order valence-electron chi connectivity index (χ3n) is 1.28. The number of hydrogen-bond donors (Lipinski definition) is 1. The van der Waals surface area contributed by atoms with Crippen LogP contribution in [-0.4, -0.2) is 6.21 Å². The van der Waals surface area contributed by atoms with E-state index in [2.05, 4.69) is 6.21 Å². The van der Waals surface area contributed by atoms with Gasteiger partial charge in [-0.1, -0.05) is 0 Å². The molecule has 1 heteroatoms. The first-order valence-electron chi connectivity index (χ1n) is 2.83. The summed E-state index contributed by atoms with van der Waals surface area (Å²) < 4.78 is 0. The molecule has 0 atom stereocenters. The molecule has 0 radical (unpaired) electrons. The lowest BCUT2D eigenvalue weighted by molar-refractivity contribution is 1.43. The highest BCUT2D eigenvalue weighted by Gasteiger charge is 2.00. The first-order valence-corrected chi connectivity index (χ1v) is 2.83. The zero-order valence-corrected chi connectivity index (χ0v) is 5.31. The van der Waals surface area contributed by atoms with Gasteiger partial charge in [0.2, 0.25) is 5.56 Å². The normalized spacial score (nSPS) is 8.56. The Hall–Kier alpha value is -1.20. The molecule has 0 aliphatic rings. The highest BCUT2D eigenvalue weighted by Crippen LogP contribution is 2.01. The van der Waals surface area contributed by atoms with E-state index in [0.29, 0.717) is 0 Å². The molecule has 0 fully saturated rings. The van der Waals surface area contributed by atoms with Gasteiger partial charge in [-0.2, -0.15) is 5.41 Å². The van der Waals surface area contributed by atoms with E-state index in [1.165, 1.54) is 0 Å². The molecule has 44 valence electrons. The van der Waals surface area contributed by atoms with Gasteiger partial charge in [0, 0.05) is 6.92 Å². The molecule has 1 rings (SSSR count). The summed E-state index contributed by atoms with van der Waals surface area (Å²) in [5.41, 5.74) is 1.98. The Bertz CT molecular complexity index is 216. The van der Waals surface area contributed by atoms with Crippen molar-refractivity contribution >= 4 is 6.21 Å². The van der Waals surface area contributed by atoms with E-state index in [-0.39, 0.29) is 0 Å². The number of aryl methyl sites for hydroxylation is 1. The van der Waals surface area contributed by atoms with Crippen molar-refractivity contribution in [1.29, 1.82) is 5.41 Å². The van der Waals surface area contributed by atoms with Crippen molar-refractivity contribution in [2.75, 3.05) is 0 Å². The van der Waals surface area contributed by atoms with Crippen LogP contribution in [0.4, 0.5) is 0 Å². The Kier molecular flexibility index (Phi) is 1.57. The fourth-order valence-corrected chi connectivity index (χ4v) is 0.713. The molecule has 0 amide bonds. The summed E-state index contributed by atoms with van der Waals surface area (Å²) in [6.45, 7) is 1.97. The van der Waals surface area contributed by atoms with Gasteiger partial charge in [0.25, 0.3) is 0 Å². The van der Waals surface area contributed by atoms with E-state index in [1.54, 1.807) is 0 Å². The highest BCUT2D eigenvalue weighted by molar-refractivity contribution is 5.78. The molecule has 0 bridgehead atoms. The first kappa shape index (κ1) is 5.93. The van der Waals surface area contributed by atoms with Gasteiger partial charge in [0.05, 0.1) is 11.6 Å². The third kappa shape index (κ3) is 1.13. The van der Waals surface area contributed by atoms with Crippen LogP contribution in [0.3, 0.4) is 0 Å². The third-order valence-corrected chi connectivity index (χ3v) is 1.28. The average Bonchev–Trinajstić information content (AvgIpc) is 1.89. The zero-order chi connectivity index (χ0) is 6.69. The lowest BCUT2D eigenvalue weighted by Gasteiger charge is -1.82. The molecule has 0 saturated heterocycles. The Balaban J connectivity index is 3.15. The summed E-state index contributed by atoms with van der Waals surface area (Å²) in [5.74, 6) is 0. The molecule has 1 aromatic rings. The van der Waals surface area contributed by atoms with Crippen LogP contribution < -0.4 is 0 Å². The van der Waals surface area contributed by atoms with Crippen LogP contribution in [0, 0.1) is 12.3 Å². The number of benzene rings is 1. The fraction of sp³-hybridized carbons (Fsp3) is 0.125. The maximum Gasteiger partial charge on any atom is 0.211 e. The number of hydrogen-bond acceptors (Lipinski definition) is 1. The summed E-state index contributed by atoms with van der Waals surface area (Å²) in [4.78, 5) is 0. The van der Waals surface area contributed by atoms with E-state index >= 15 is 0 Å². The van der Waals surface area contributed by atoms with Crippen molar-refractivity contribution in [3.63, 3.8) is 0 Å². The maximum atomic E-state index is 6.83. The largest absolute Gasteiger partial charge is 0.211 e. The number of nitrogens with one attached hydrogen (secondary N) is 1. The van der Waals surface area contributed by atoms with Crippen LogP contribution in [0.25, 0.3) is 0 Å². The van der Waals surface area contributed by atoms with E-state index in [1.807, 2.05) is 31.2 Å². The van der Waals surface area contributed by atoms with E-state index < -0.39 is 0 Å². The van der Waals surface area contributed by atoms with Gasteiger partial charge in [-0.25, -0.2) is 0 Å². The standard InChI is InChI=1S/C8H8N/c1-7-4-2-3-5-8(7)6-9/h2-5,9H,1H3/q+1. The van der Waals surface area contributed by atoms with Gasteiger partial charge in [0.1, 0.15) is 0 Å². The topological polar surface area (TPSA) is 23.9 Å². The molecule has 9 heavy (non-hydrogen) atoms. The van der Waals surface area contributed by atoms with Crippen LogP contribution in [0.2, 0.25) is 0 Å². The van der Waals surface area contributed by atoms with Crippen molar-refractivity contribution in [2.45, 2.75) is 6.92 Å². The zero-order valence-electron chi connectivity index (χ0n) is 5.31. The average molecular weight is 118 g/mol. The molecule has 0 spiro atoms.